The minimum Gasteiger partial charge on any atom is -0.508 e. The Hall–Kier alpha value is -5.66. The molecule has 0 spiro atoms. The summed E-state index contributed by atoms with van der Waals surface area (Å²) in [7, 11) is 3.49. The molecule has 5 heterocycles. The van der Waals surface area contributed by atoms with Crippen molar-refractivity contribution in [1.29, 1.82) is 0 Å². The number of carbonyl (C=O) groups excluding carboxylic acids is 2. The molecule has 1 N–H and O–H groups in total. The zero-order valence-electron chi connectivity index (χ0n) is 31.3. The van der Waals surface area contributed by atoms with E-state index >= 15 is 4.39 Å². The summed E-state index contributed by atoms with van der Waals surface area (Å²) in [6.07, 6.45) is -0.668. The van der Waals surface area contributed by atoms with Crippen LogP contribution in [0.2, 0.25) is 0 Å². The third-order valence-electron chi connectivity index (χ3n) is 11.2. The molecule has 1 saturated heterocycles. The number of aromatic hydroxyl groups is 1. The lowest BCUT2D eigenvalue weighted by atomic mass is 9.92. The Bertz CT molecular complexity index is 2270. The van der Waals surface area contributed by atoms with Crippen molar-refractivity contribution in [3.63, 3.8) is 0 Å². The van der Waals surface area contributed by atoms with E-state index in [4.69, 9.17) is 4.74 Å². The molecule has 290 valence electrons. The summed E-state index contributed by atoms with van der Waals surface area (Å²) in [6, 6.07) is 21.1. The summed E-state index contributed by atoms with van der Waals surface area (Å²) in [5.41, 5.74) is 4.54. The predicted octanol–water partition coefficient (Wildman–Crippen LogP) is 6.61. The van der Waals surface area contributed by atoms with Gasteiger partial charge < -0.3 is 24.2 Å². The van der Waals surface area contributed by atoms with Crippen LogP contribution in [0.1, 0.15) is 43.1 Å². The van der Waals surface area contributed by atoms with Crippen LogP contribution >= 0.6 is 0 Å². The van der Waals surface area contributed by atoms with E-state index in [-0.39, 0.29) is 45.8 Å². The van der Waals surface area contributed by atoms with Crippen molar-refractivity contribution in [3.8, 4) is 17.0 Å². The Morgan fingerprint density at radius 2 is 1.66 bits per heavy atom. The fraction of sp³-hybridized carbons (Fsp3) is 0.326. The highest BCUT2D eigenvalue weighted by molar-refractivity contribution is 6.12. The number of fused-ring (bicyclic) bond motifs is 2. The number of hydrogen-bond acceptors (Lipinski definition) is 7. The molecule has 0 unspecified atom stereocenters. The van der Waals surface area contributed by atoms with Gasteiger partial charge in [-0.3, -0.25) is 19.4 Å². The van der Waals surface area contributed by atoms with Crippen LogP contribution in [-0.4, -0.2) is 95.2 Å². The molecule has 0 aliphatic carbocycles. The van der Waals surface area contributed by atoms with Gasteiger partial charge >= 0.3 is 0 Å². The number of nitrogens with zero attached hydrogens (tertiary/aromatic N) is 6. The van der Waals surface area contributed by atoms with Gasteiger partial charge in [0.2, 0.25) is 6.43 Å². The van der Waals surface area contributed by atoms with E-state index in [9.17, 15) is 23.5 Å². The Labute approximate surface area is 323 Å². The van der Waals surface area contributed by atoms with Crippen molar-refractivity contribution in [3.05, 3.63) is 124 Å². The first-order chi connectivity index (χ1) is 27.0. The van der Waals surface area contributed by atoms with Gasteiger partial charge in [-0.15, -0.1) is 0 Å². The lowest BCUT2D eigenvalue weighted by Gasteiger charge is -2.40. The first-order valence-electron chi connectivity index (χ1n) is 18.8. The summed E-state index contributed by atoms with van der Waals surface area (Å²) in [5.74, 6) is -0.779. The van der Waals surface area contributed by atoms with Gasteiger partial charge in [-0.05, 0) is 84.1 Å². The number of hydrogen-bond donors (Lipinski definition) is 1. The molecule has 1 atom stereocenters. The highest BCUT2D eigenvalue weighted by atomic mass is 19.3. The van der Waals surface area contributed by atoms with E-state index < -0.39 is 24.6 Å². The van der Waals surface area contributed by atoms with Crippen molar-refractivity contribution in [1.82, 2.24) is 19.4 Å². The molecule has 0 bridgehead atoms. The lowest BCUT2D eigenvalue weighted by Crippen LogP contribution is -2.52. The number of anilines is 3. The Morgan fingerprint density at radius 1 is 0.911 bits per heavy atom. The van der Waals surface area contributed by atoms with Crippen LogP contribution in [0.3, 0.4) is 0 Å². The number of rotatable bonds is 9. The number of pyridine rings is 1. The molecule has 3 aliphatic heterocycles. The second-order valence-corrected chi connectivity index (χ2v) is 14.7. The zero-order valence-corrected chi connectivity index (χ0v) is 31.3. The predicted molar refractivity (Wildman–Crippen MR) is 207 cm³/mol. The summed E-state index contributed by atoms with van der Waals surface area (Å²) in [5, 5.41) is 10.1. The maximum Gasteiger partial charge on any atom is 0.264 e. The van der Waals surface area contributed by atoms with Crippen LogP contribution in [0.5, 0.6) is 5.75 Å². The molecule has 5 aromatic rings. The molecular weight excluding hydrogens is 722 g/mol. The molecular formula is C43H43F3N6O4. The number of alkyl halides is 2. The maximum atomic E-state index is 15.3. The number of phenolic OH excluding ortho intramolecular Hbond substituents is 1. The number of morpholine rings is 1. The second-order valence-electron chi connectivity index (χ2n) is 14.7. The number of ether oxygens (including phenoxy) is 1. The number of benzene rings is 3. The molecule has 2 aromatic heterocycles. The van der Waals surface area contributed by atoms with Crippen molar-refractivity contribution < 1.29 is 32.6 Å². The van der Waals surface area contributed by atoms with Gasteiger partial charge in [0.05, 0.1) is 30.7 Å². The van der Waals surface area contributed by atoms with Crippen molar-refractivity contribution in [2.24, 2.45) is 7.05 Å². The molecule has 0 saturated carbocycles. The van der Waals surface area contributed by atoms with Crippen LogP contribution in [0.4, 0.5) is 30.4 Å². The summed E-state index contributed by atoms with van der Waals surface area (Å²) >= 11 is 0. The first-order valence-corrected chi connectivity index (χ1v) is 18.8. The SMILES string of the molecule is CN1CCc2cc(N(C(=O)c3cc(-c4cc(F)ccc4C(=O)N4Cc5ccccc5C[C@H]4CN4CCOCC4)n(C)c3CC(F)F)c3ccc(O)cc3)cnc21. The Kier molecular flexibility index (Phi) is 10.3. The van der Waals surface area contributed by atoms with Gasteiger partial charge in [0, 0.05) is 87.5 Å². The molecule has 2 amide bonds. The summed E-state index contributed by atoms with van der Waals surface area (Å²) in [6.45, 7) is 4.44. The van der Waals surface area contributed by atoms with Crippen molar-refractivity contribution in [2.75, 3.05) is 56.2 Å². The van der Waals surface area contributed by atoms with E-state index in [2.05, 4.69) is 16.0 Å². The van der Waals surface area contributed by atoms with Gasteiger partial charge in [0.15, 0.2) is 0 Å². The standard InChI is InChI=1S/C43H43F3N6O4/c1-48-14-13-28-20-32(24-47-41(28)48)52(31-8-10-34(53)11-9-31)43(55)37-22-38(49(2)39(37)23-40(45)46)36-21-30(44)7-12-35(36)42(54)51-25-29-6-4-3-5-27(29)19-33(51)26-50-15-17-56-18-16-50/h3-12,20-22,24,33,40,53H,13-19,23,25-26H2,1-2H3/t33-/m0/s1. The number of halogens is 3. The van der Waals surface area contributed by atoms with Gasteiger partial charge in [-0.1, -0.05) is 24.3 Å². The topological polar surface area (TPSA) is 94.4 Å². The molecule has 10 nitrogen and oxygen atoms in total. The maximum absolute atomic E-state index is 15.3. The molecule has 1 fully saturated rings. The molecule has 3 aromatic carbocycles. The highest BCUT2D eigenvalue weighted by Crippen LogP contribution is 2.37. The first kappa shape index (κ1) is 37.3. The summed E-state index contributed by atoms with van der Waals surface area (Å²) < 4.78 is 51.1. The Balaban J connectivity index is 1.22. The van der Waals surface area contributed by atoms with Crippen LogP contribution in [0.25, 0.3) is 11.3 Å². The molecule has 8 rings (SSSR count). The fourth-order valence-corrected chi connectivity index (χ4v) is 8.26. The highest BCUT2D eigenvalue weighted by Gasteiger charge is 2.35. The lowest BCUT2D eigenvalue weighted by molar-refractivity contribution is 0.0193. The molecule has 3 aliphatic rings. The third kappa shape index (κ3) is 7.24. The largest absolute Gasteiger partial charge is 0.508 e. The number of aromatic nitrogens is 2. The average Bonchev–Trinajstić information content (AvgIpc) is 3.73. The fourth-order valence-electron chi connectivity index (χ4n) is 8.26. The van der Waals surface area contributed by atoms with Crippen molar-refractivity contribution >= 4 is 29.0 Å². The van der Waals surface area contributed by atoms with E-state index in [1.54, 1.807) is 25.4 Å². The van der Waals surface area contributed by atoms with Gasteiger partial charge in [-0.25, -0.2) is 18.2 Å². The van der Waals surface area contributed by atoms with E-state index in [0.29, 0.717) is 50.5 Å². The second kappa shape index (κ2) is 15.5. The van der Waals surface area contributed by atoms with E-state index in [1.165, 1.54) is 51.4 Å². The number of amides is 2. The quantitative estimate of drug-likeness (QED) is 0.181. The van der Waals surface area contributed by atoms with Gasteiger partial charge in [-0.2, -0.15) is 0 Å². The minimum absolute atomic E-state index is 0.0112. The van der Waals surface area contributed by atoms with E-state index in [1.807, 2.05) is 41.1 Å². The molecule has 56 heavy (non-hydrogen) atoms. The van der Waals surface area contributed by atoms with Crippen LogP contribution in [0.15, 0.2) is 85.1 Å². The minimum atomic E-state index is -2.81. The molecule has 0 radical (unpaired) electrons. The molecule has 13 heteroatoms. The smallest absolute Gasteiger partial charge is 0.264 e. The monoisotopic (exact) mass is 764 g/mol. The summed E-state index contributed by atoms with van der Waals surface area (Å²) in [4.78, 5) is 41.9. The Morgan fingerprint density at radius 3 is 2.41 bits per heavy atom. The van der Waals surface area contributed by atoms with Gasteiger partial charge in [0.1, 0.15) is 17.4 Å². The van der Waals surface area contributed by atoms with Crippen LogP contribution < -0.4 is 9.80 Å². The zero-order chi connectivity index (χ0) is 39.1. The van der Waals surface area contributed by atoms with Crippen LogP contribution in [0, 0.1) is 5.82 Å². The van der Waals surface area contributed by atoms with Gasteiger partial charge in [0.25, 0.3) is 11.8 Å². The van der Waals surface area contributed by atoms with E-state index in [0.717, 1.165) is 36.6 Å². The van der Waals surface area contributed by atoms with Crippen molar-refractivity contribution in [2.45, 2.75) is 38.3 Å². The third-order valence-corrected chi connectivity index (χ3v) is 11.2. The normalized spacial score (nSPS) is 16.9. The van der Waals surface area contributed by atoms with Crippen LogP contribution in [-0.2, 0) is 37.6 Å². The number of carbonyl (C=O) groups is 2. The average molecular weight is 765 g/mol. The number of likely N-dealkylation sites (N-methyl/N-ethyl adjacent to an activating group) is 1. The number of phenols is 1.